The third kappa shape index (κ3) is 3.76. The number of imidazole rings is 1. The molecule has 1 unspecified atom stereocenters. The number of para-hydroxylation sites is 2. The largest absolute Gasteiger partial charge is 0.329 e. The van der Waals surface area contributed by atoms with Crippen LogP contribution in [0.15, 0.2) is 77.7 Å². The van der Waals surface area contributed by atoms with Crippen molar-refractivity contribution in [2.24, 2.45) is 7.05 Å². The molecule has 4 aromatic rings. The van der Waals surface area contributed by atoms with E-state index in [4.69, 9.17) is 11.6 Å². The lowest BCUT2D eigenvalue weighted by Crippen LogP contribution is -2.31. The Labute approximate surface area is 172 Å². The van der Waals surface area contributed by atoms with E-state index in [1.165, 1.54) is 0 Å². The van der Waals surface area contributed by atoms with Gasteiger partial charge in [-0.2, -0.15) is 4.72 Å². The van der Waals surface area contributed by atoms with E-state index in [0.29, 0.717) is 11.4 Å². The molecule has 0 aliphatic carbocycles. The summed E-state index contributed by atoms with van der Waals surface area (Å²) in [5.41, 5.74) is 2.35. The summed E-state index contributed by atoms with van der Waals surface area (Å²) in [6, 6.07) is 19.1. The van der Waals surface area contributed by atoms with Gasteiger partial charge in [0.2, 0.25) is 10.0 Å². The first-order chi connectivity index (χ1) is 13.9. The fraction of sp³-hybridized carbons (Fsp3) is 0.0952. The standard InChI is InChI=1S/C21H17ClFN3O2S/c1-26-18-10-6-5-9-17(18)24-21(26)20(14-7-3-2-4-8-14)25-29(27,28)19-12-11-15(23)13-16(19)22/h2-13,20,25H,1H3. The predicted octanol–water partition coefficient (Wildman–Crippen LogP) is 4.43. The van der Waals surface area contributed by atoms with Crippen molar-refractivity contribution >= 4 is 32.7 Å². The number of hydrogen-bond donors (Lipinski definition) is 1. The number of nitrogens with one attached hydrogen (secondary N) is 1. The summed E-state index contributed by atoms with van der Waals surface area (Å²) in [6.45, 7) is 0. The minimum absolute atomic E-state index is 0.186. The summed E-state index contributed by atoms with van der Waals surface area (Å²) in [6.07, 6.45) is 0. The van der Waals surface area contributed by atoms with Gasteiger partial charge < -0.3 is 4.57 Å². The Hall–Kier alpha value is -2.74. The lowest BCUT2D eigenvalue weighted by atomic mass is 10.1. The first-order valence-corrected chi connectivity index (χ1v) is 10.7. The Morgan fingerprint density at radius 2 is 1.72 bits per heavy atom. The Bertz CT molecular complexity index is 1290. The van der Waals surface area contributed by atoms with Crippen LogP contribution >= 0.6 is 11.6 Å². The molecular formula is C21H17ClFN3O2S. The van der Waals surface area contributed by atoms with Gasteiger partial charge in [0.15, 0.2) is 0 Å². The highest BCUT2D eigenvalue weighted by atomic mass is 35.5. The van der Waals surface area contributed by atoms with E-state index >= 15 is 0 Å². The molecule has 1 heterocycles. The number of hydrogen-bond acceptors (Lipinski definition) is 3. The number of fused-ring (bicyclic) bond motifs is 1. The van der Waals surface area contributed by atoms with E-state index in [-0.39, 0.29) is 9.92 Å². The third-order valence-electron chi connectivity index (χ3n) is 4.67. The van der Waals surface area contributed by atoms with E-state index in [1.54, 1.807) is 0 Å². The minimum atomic E-state index is -4.06. The van der Waals surface area contributed by atoms with Gasteiger partial charge in [0.25, 0.3) is 0 Å². The summed E-state index contributed by atoms with van der Waals surface area (Å²) >= 11 is 6.01. The summed E-state index contributed by atoms with van der Waals surface area (Å²) in [5, 5.41) is -0.186. The smallest absolute Gasteiger partial charge is 0.243 e. The molecule has 29 heavy (non-hydrogen) atoms. The van der Waals surface area contributed by atoms with Crippen LogP contribution < -0.4 is 4.72 Å². The number of aryl methyl sites for hydroxylation is 1. The second kappa shape index (κ2) is 7.59. The molecule has 148 valence electrons. The van der Waals surface area contributed by atoms with Gasteiger partial charge in [-0.25, -0.2) is 17.8 Å². The van der Waals surface area contributed by atoms with Crippen molar-refractivity contribution in [2.75, 3.05) is 0 Å². The highest BCUT2D eigenvalue weighted by Crippen LogP contribution is 2.29. The fourth-order valence-corrected chi connectivity index (χ4v) is 4.96. The molecular weight excluding hydrogens is 413 g/mol. The highest BCUT2D eigenvalue weighted by molar-refractivity contribution is 7.89. The summed E-state index contributed by atoms with van der Waals surface area (Å²) in [5.74, 6) is -0.0804. The molecule has 0 saturated carbocycles. The van der Waals surface area contributed by atoms with Crippen LogP contribution in [-0.4, -0.2) is 18.0 Å². The average Bonchev–Trinajstić information content (AvgIpc) is 3.03. The molecule has 0 aliphatic rings. The Morgan fingerprint density at radius 1 is 1.03 bits per heavy atom. The van der Waals surface area contributed by atoms with Crippen LogP contribution in [0, 0.1) is 5.82 Å². The molecule has 0 saturated heterocycles. The average molecular weight is 430 g/mol. The van der Waals surface area contributed by atoms with E-state index in [0.717, 1.165) is 29.2 Å². The molecule has 0 fully saturated rings. The maximum atomic E-state index is 13.4. The van der Waals surface area contributed by atoms with E-state index in [1.807, 2.05) is 66.2 Å². The zero-order valence-electron chi connectivity index (χ0n) is 15.4. The SMILES string of the molecule is Cn1c(C(NS(=O)(=O)c2ccc(F)cc2Cl)c2ccccc2)nc2ccccc21. The van der Waals surface area contributed by atoms with Crippen LogP contribution in [0.3, 0.4) is 0 Å². The summed E-state index contributed by atoms with van der Waals surface area (Å²) in [7, 11) is -2.23. The molecule has 8 heteroatoms. The molecule has 0 bridgehead atoms. The predicted molar refractivity (Wildman–Crippen MR) is 111 cm³/mol. The van der Waals surface area contributed by atoms with Crippen LogP contribution in [0.4, 0.5) is 4.39 Å². The number of benzene rings is 3. The van der Waals surface area contributed by atoms with Gasteiger partial charge in [-0.05, 0) is 35.9 Å². The van der Waals surface area contributed by atoms with Crippen LogP contribution in [0.2, 0.25) is 5.02 Å². The zero-order valence-corrected chi connectivity index (χ0v) is 17.0. The number of sulfonamides is 1. The second-order valence-corrected chi connectivity index (χ2v) is 8.65. The third-order valence-corrected chi connectivity index (χ3v) is 6.58. The summed E-state index contributed by atoms with van der Waals surface area (Å²) in [4.78, 5) is 4.45. The summed E-state index contributed by atoms with van der Waals surface area (Å²) < 4.78 is 44.1. The Morgan fingerprint density at radius 3 is 2.41 bits per heavy atom. The van der Waals surface area contributed by atoms with Crippen LogP contribution in [0.5, 0.6) is 0 Å². The molecule has 4 rings (SSSR count). The van der Waals surface area contributed by atoms with Gasteiger partial charge in [-0.15, -0.1) is 0 Å². The lowest BCUT2D eigenvalue weighted by Gasteiger charge is -2.19. The van der Waals surface area contributed by atoms with Crippen LogP contribution in [0.1, 0.15) is 17.4 Å². The van der Waals surface area contributed by atoms with Crippen LogP contribution in [0.25, 0.3) is 11.0 Å². The van der Waals surface area contributed by atoms with Crippen molar-refractivity contribution in [3.8, 4) is 0 Å². The van der Waals surface area contributed by atoms with E-state index in [9.17, 15) is 12.8 Å². The first-order valence-electron chi connectivity index (χ1n) is 8.80. The molecule has 0 aliphatic heterocycles. The van der Waals surface area contributed by atoms with Crippen LogP contribution in [-0.2, 0) is 17.1 Å². The highest BCUT2D eigenvalue weighted by Gasteiger charge is 2.28. The van der Waals surface area contributed by atoms with Gasteiger partial charge in [-0.1, -0.05) is 54.1 Å². The lowest BCUT2D eigenvalue weighted by molar-refractivity contribution is 0.563. The van der Waals surface area contributed by atoms with Crippen molar-refractivity contribution in [3.63, 3.8) is 0 Å². The van der Waals surface area contributed by atoms with Gasteiger partial charge in [0.05, 0.1) is 16.1 Å². The van der Waals surface area contributed by atoms with Crippen molar-refractivity contribution in [1.29, 1.82) is 0 Å². The molecule has 1 N–H and O–H groups in total. The molecule has 1 atom stereocenters. The second-order valence-electron chi connectivity index (χ2n) is 6.56. The molecule has 0 spiro atoms. The number of aromatic nitrogens is 2. The number of halogens is 2. The quantitative estimate of drug-likeness (QED) is 0.510. The maximum Gasteiger partial charge on any atom is 0.243 e. The molecule has 0 amide bonds. The first kappa shape index (κ1) is 19.6. The van der Waals surface area contributed by atoms with Gasteiger partial charge in [0.1, 0.15) is 22.6 Å². The van der Waals surface area contributed by atoms with Crippen molar-refractivity contribution in [3.05, 3.63) is 95.0 Å². The van der Waals surface area contributed by atoms with Gasteiger partial charge in [-0.3, -0.25) is 0 Å². The normalized spacial score (nSPS) is 12.9. The van der Waals surface area contributed by atoms with Crippen molar-refractivity contribution in [2.45, 2.75) is 10.9 Å². The monoisotopic (exact) mass is 429 g/mol. The topological polar surface area (TPSA) is 64.0 Å². The molecule has 1 aromatic heterocycles. The van der Waals surface area contributed by atoms with E-state index in [2.05, 4.69) is 9.71 Å². The molecule has 0 radical (unpaired) electrons. The minimum Gasteiger partial charge on any atom is -0.329 e. The van der Waals surface area contributed by atoms with Gasteiger partial charge >= 0.3 is 0 Å². The van der Waals surface area contributed by atoms with Crippen molar-refractivity contribution < 1.29 is 12.8 Å². The fourth-order valence-electron chi connectivity index (χ4n) is 3.25. The Balaban J connectivity index is 1.84. The number of rotatable bonds is 5. The number of nitrogens with zero attached hydrogens (tertiary/aromatic N) is 2. The zero-order chi connectivity index (χ0) is 20.6. The van der Waals surface area contributed by atoms with Crippen molar-refractivity contribution in [1.82, 2.24) is 14.3 Å². The Kier molecular flexibility index (Phi) is 5.12. The molecule has 3 aromatic carbocycles. The maximum absolute atomic E-state index is 13.4. The molecule has 5 nitrogen and oxygen atoms in total. The van der Waals surface area contributed by atoms with E-state index < -0.39 is 21.9 Å². The van der Waals surface area contributed by atoms with Gasteiger partial charge in [0, 0.05) is 7.05 Å².